The van der Waals surface area contributed by atoms with Gasteiger partial charge in [-0.3, -0.25) is 0 Å². The number of ether oxygens (including phenoxy) is 2. The molecule has 2 heterocycles. The molecule has 1 aliphatic carbocycles. The molecule has 0 saturated carbocycles. The fraction of sp³-hybridized carbons (Fsp3) is 0.393. The minimum Gasteiger partial charge on any atom is -0.497 e. The van der Waals surface area contributed by atoms with Crippen molar-refractivity contribution in [2.75, 3.05) is 19.0 Å². The highest BCUT2D eigenvalue weighted by Crippen LogP contribution is 2.44. The molecule has 0 spiro atoms. The molecule has 6 nitrogen and oxygen atoms in total. The van der Waals surface area contributed by atoms with Crippen molar-refractivity contribution < 1.29 is 14.3 Å². The second-order valence-electron chi connectivity index (χ2n) is 9.81. The summed E-state index contributed by atoms with van der Waals surface area (Å²) in [4.78, 5) is 18.8. The second-order valence-corrected chi connectivity index (χ2v) is 11.8. The first kappa shape index (κ1) is 25.9. The van der Waals surface area contributed by atoms with Gasteiger partial charge in [-0.05, 0) is 67.3 Å². The number of nitrogens with zero attached hydrogens (tertiary/aromatic N) is 2. The first-order chi connectivity index (χ1) is 17.2. The van der Waals surface area contributed by atoms with E-state index in [4.69, 9.17) is 9.47 Å². The molecular formula is C28H31N3O3S2. The number of hydrogen-bond acceptors (Lipinski definition) is 8. The first-order valence-electron chi connectivity index (χ1n) is 12.0. The van der Waals surface area contributed by atoms with Crippen molar-refractivity contribution in [3.8, 4) is 23.1 Å². The molecule has 8 heteroatoms. The van der Waals surface area contributed by atoms with E-state index in [1.165, 1.54) is 16.2 Å². The van der Waals surface area contributed by atoms with Crippen molar-refractivity contribution in [2.24, 2.45) is 11.3 Å². The highest BCUT2D eigenvalue weighted by molar-refractivity contribution is 7.16. The Kier molecular flexibility index (Phi) is 7.82. The number of carbonyl (C=O) groups is 1. The third-order valence-corrected chi connectivity index (χ3v) is 8.62. The molecule has 0 fully saturated rings. The Morgan fingerprint density at radius 3 is 2.69 bits per heavy atom. The van der Waals surface area contributed by atoms with Crippen LogP contribution in [0.25, 0.3) is 16.8 Å². The molecule has 0 amide bonds. The Bertz CT molecular complexity index is 1310. The molecule has 36 heavy (non-hydrogen) atoms. The fourth-order valence-electron chi connectivity index (χ4n) is 4.42. The summed E-state index contributed by atoms with van der Waals surface area (Å²) < 4.78 is 10.6. The summed E-state index contributed by atoms with van der Waals surface area (Å²) in [7, 11) is 1.63. The van der Waals surface area contributed by atoms with Gasteiger partial charge in [0.1, 0.15) is 27.4 Å². The van der Waals surface area contributed by atoms with E-state index in [2.05, 4.69) is 37.1 Å². The average molecular weight is 522 g/mol. The number of aromatic nitrogens is 1. The number of thiophene rings is 1. The van der Waals surface area contributed by atoms with Crippen LogP contribution in [-0.4, -0.2) is 24.7 Å². The van der Waals surface area contributed by atoms with Gasteiger partial charge in [-0.1, -0.05) is 20.8 Å². The predicted octanol–water partition coefficient (Wildman–Crippen LogP) is 7.18. The number of carbonyl (C=O) groups excluding carboxylic acids is 1. The van der Waals surface area contributed by atoms with Crippen LogP contribution in [0.4, 0.5) is 5.00 Å². The highest BCUT2D eigenvalue weighted by atomic mass is 32.1. The maximum absolute atomic E-state index is 12.9. The van der Waals surface area contributed by atoms with Crippen LogP contribution < -0.4 is 10.1 Å². The lowest BCUT2D eigenvalue weighted by atomic mass is 9.72. The van der Waals surface area contributed by atoms with Crippen molar-refractivity contribution in [2.45, 2.75) is 47.0 Å². The number of nitrogens with one attached hydrogen (secondary N) is 1. The largest absolute Gasteiger partial charge is 0.497 e. The van der Waals surface area contributed by atoms with Crippen LogP contribution in [0.2, 0.25) is 0 Å². The van der Waals surface area contributed by atoms with E-state index in [9.17, 15) is 10.1 Å². The Hall–Kier alpha value is -3.15. The topological polar surface area (TPSA) is 84.2 Å². The zero-order valence-corrected chi connectivity index (χ0v) is 22.9. The molecule has 0 aliphatic heterocycles. The number of thiazole rings is 1. The Morgan fingerprint density at radius 1 is 1.31 bits per heavy atom. The number of hydrogen-bond donors (Lipinski definition) is 1. The lowest BCUT2D eigenvalue weighted by molar-refractivity contribution is 0.0526. The molecule has 1 aliphatic rings. The highest BCUT2D eigenvalue weighted by Gasteiger charge is 2.34. The van der Waals surface area contributed by atoms with Crippen LogP contribution in [0.1, 0.15) is 59.9 Å². The molecule has 188 valence electrons. The molecule has 0 bridgehead atoms. The van der Waals surface area contributed by atoms with Crippen LogP contribution in [0.15, 0.2) is 35.8 Å². The van der Waals surface area contributed by atoms with E-state index < -0.39 is 0 Å². The zero-order valence-electron chi connectivity index (χ0n) is 21.3. The minimum atomic E-state index is -0.311. The lowest BCUT2D eigenvalue weighted by Gasteiger charge is -2.33. The van der Waals surface area contributed by atoms with Crippen molar-refractivity contribution in [1.82, 2.24) is 4.98 Å². The van der Waals surface area contributed by atoms with Crippen LogP contribution in [0.5, 0.6) is 5.75 Å². The maximum atomic E-state index is 12.9. The molecule has 0 saturated heterocycles. The molecule has 1 aromatic carbocycles. The Labute approximate surface area is 220 Å². The molecule has 2 aromatic heterocycles. The number of methoxy groups -OCH3 is 1. The normalized spacial score (nSPS) is 15.7. The molecule has 1 N–H and O–H groups in total. The summed E-state index contributed by atoms with van der Waals surface area (Å²) in [5.41, 5.74) is 4.06. The van der Waals surface area contributed by atoms with Crippen molar-refractivity contribution in [3.63, 3.8) is 0 Å². The summed E-state index contributed by atoms with van der Waals surface area (Å²) in [6, 6.07) is 9.91. The van der Waals surface area contributed by atoms with E-state index in [-0.39, 0.29) is 11.4 Å². The van der Waals surface area contributed by atoms with E-state index in [1.807, 2.05) is 36.6 Å². The number of esters is 1. The maximum Gasteiger partial charge on any atom is 0.341 e. The van der Waals surface area contributed by atoms with Gasteiger partial charge < -0.3 is 14.8 Å². The third-order valence-electron chi connectivity index (χ3n) is 6.56. The fourth-order valence-corrected chi connectivity index (χ4v) is 6.50. The van der Waals surface area contributed by atoms with Crippen molar-refractivity contribution in [1.29, 1.82) is 5.26 Å². The molecule has 1 atom stereocenters. The van der Waals surface area contributed by atoms with Crippen LogP contribution in [-0.2, 0) is 17.6 Å². The van der Waals surface area contributed by atoms with Crippen LogP contribution in [0, 0.1) is 22.7 Å². The molecule has 0 radical (unpaired) electrons. The molecule has 4 rings (SSSR count). The van der Waals surface area contributed by atoms with Gasteiger partial charge in [-0.15, -0.1) is 22.7 Å². The quantitative estimate of drug-likeness (QED) is 0.262. The van der Waals surface area contributed by atoms with E-state index in [1.54, 1.807) is 24.6 Å². The molecule has 0 unspecified atom stereocenters. The SMILES string of the molecule is CCOC(=O)c1c(N/C=C(\C#N)c2nc(-c3ccc(OC)cc3)cs2)sc2c1CC[C@H](C(C)(C)C)C2. The van der Waals surface area contributed by atoms with Gasteiger partial charge in [-0.25, -0.2) is 9.78 Å². The van der Waals surface area contributed by atoms with E-state index in [0.29, 0.717) is 28.7 Å². The lowest BCUT2D eigenvalue weighted by Crippen LogP contribution is -2.26. The average Bonchev–Trinajstić information content (AvgIpc) is 3.49. The number of benzene rings is 1. The van der Waals surface area contributed by atoms with Gasteiger partial charge in [-0.2, -0.15) is 5.26 Å². The minimum absolute atomic E-state index is 0.208. The summed E-state index contributed by atoms with van der Waals surface area (Å²) in [6.45, 7) is 8.96. The van der Waals surface area contributed by atoms with Crippen molar-refractivity contribution >= 4 is 39.2 Å². The van der Waals surface area contributed by atoms with Crippen molar-refractivity contribution in [3.05, 3.63) is 56.9 Å². The van der Waals surface area contributed by atoms with Gasteiger partial charge in [0.05, 0.1) is 25.0 Å². The predicted molar refractivity (Wildman–Crippen MR) is 147 cm³/mol. The Morgan fingerprint density at radius 2 is 2.06 bits per heavy atom. The van der Waals surface area contributed by atoms with Crippen LogP contribution >= 0.6 is 22.7 Å². The van der Waals surface area contributed by atoms with Crippen LogP contribution in [0.3, 0.4) is 0 Å². The molecular weight excluding hydrogens is 490 g/mol. The number of anilines is 1. The second kappa shape index (κ2) is 10.9. The third kappa shape index (κ3) is 5.48. The monoisotopic (exact) mass is 521 g/mol. The number of fused-ring (bicyclic) bond motifs is 1. The standard InChI is InChI=1S/C28H31N3O3S2/c1-6-34-27(32)24-21-12-9-19(28(2,3)4)13-23(21)36-26(24)30-15-18(14-29)25-31-22(16-35-25)17-7-10-20(33-5)11-8-17/h7-8,10-11,15-16,19,30H,6,9,12-13H2,1-5H3/b18-15+/t19-/m0/s1. The van der Waals surface area contributed by atoms with Gasteiger partial charge in [0.15, 0.2) is 0 Å². The van der Waals surface area contributed by atoms with Gasteiger partial charge in [0.2, 0.25) is 0 Å². The Balaban J connectivity index is 1.62. The van der Waals surface area contributed by atoms with E-state index >= 15 is 0 Å². The summed E-state index contributed by atoms with van der Waals surface area (Å²) in [6.07, 6.45) is 4.50. The first-order valence-corrected chi connectivity index (χ1v) is 13.7. The molecule has 3 aromatic rings. The number of rotatable bonds is 7. The zero-order chi connectivity index (χ0) is 25.9. The number of nitriles is 1. The van der Waals surface area contributed by atoms with Gasteiger partial charge >= 0.3 is 5.97 Å². The van der Waals surface area contributed by atoms with Gasteiger partial charge in [0, 0.05) is 22.0 Å². The summed E-state index contributed by atoms with van der Waals surface area (Å²) in [5.74, 6) is 1.03. The summed E-state index contributed by atoms with van der Waals surface area (Å²) >= 11 is 3.00. The van der Waals surface area contributed by atoms with Gasteiger partial charge in [0.25, 0.3) is 0 Å². The smallest absolute Gasteiger partial charge is 0.341 e. The summed E-state index contributed by atoms with van der Waals surface area (Å²) in [5, 5.41) is 16.4. The number of allylic oxidation sites excluding steroid dienone is 1. The van der Waals surface area contributed by atoms with E-state index in [0.717, 1.165) is 46.8 Å².